The molecule has 1 aromatic heterocycles. The average molecular weight is 266 g/mol. The fourth-order valence-corrected chi connectivity index (χ4v) is 2.65. The predicted octanol–water partition coefficient (Wildman–Crippen LogP) is 1.10. The number of methoxy groups -OCH3 is 1. The predicted molar refractivity (Wildman–Crippen MR) is 76.1 cm³/mol. The fraction of sp³-hybridized carbons (Fsp3) is 0.786. The van der Waals surface area contributed by atoms with Gasteiger partial charge in [-0.05, 0) is 26.4 Å². The second kappa shape index (κ2) is 7.62. The first-order chi connectivity index (χ1) is 9.31. The Morgan fingerprint density at radius 2 is 2.37 bits per heavy atom. The van der Waals surface area contributed by atoms with E-state index in [4.69, 9.17) is 4.74 Å². The SMILES string of the molecule is COCCNCc1cncn1CC1CCCCN1C. The van der Waals surface area contributed by atoms with Gasteiger partial charge in [0.15, 0.2) is 0 Å². The lowest BCUT2D eigenvalue weighted by molar-refractivity contribution is 0.166. The van der Waals surface area contributed by atoms with Crippen LogP contribution in [-0.4, -0.2) is 54.3 Å². The summed E-state index contributed by atoms with van der Waals surface area (Å²) in [5.41, 5.74) is 1.26. The number of rotatable bonds is 7. The van der Waals surface area contributed by atoms with Gasteiger partial charge in [0.2, 0.25) is 0 Å². The lowest BCUT2D eigenvalue weighted by atomic mass is 10.0. The van der Waals surface area contributed by atoms with Crippen LogP contribution in [0.4, 0.5) is 0 Å². The lowest BCUT2D eigenvalue weighted by Gasteiger charge is -2.33. The van der Waals surface area contributed by atoms with Crippen molar-refractivity contribution in [3.63, 3.8) is 0 Å². The average Bonchev–Trinajstić information content (AvgIpc) is 2.85. The Labute approximate surface area is 116 Å². The van der Waals surface area contributed by atoms with Gasteiger partial charge < -0.3 is 19.5 Å². The standard InChI is InChI=1S/C14H26N4O/c1-17-7-4-3-5-13(17)11-18-12-16-10-14(18)9-15-6-8-19-2/h10,12-13,15H,3-9,11H2,1-2H3. The summed E-state index contributed by atoms with van der Waals surface area (Å²) in [5, 5.41) is 3.38. The third-order valence-corrected chi connectivity index (χ3v) is 3.92. The van der Waals surface area contributed by atoms with Crippen molar-refractivity contribution in [2.75, 3.05) is 33.9 Å². The molecule has 0 aliphatic carbocycles. The number of likely N-dealkylation sites (N-methyl/N-ethyl adjacent to an activating group) is 1. The first-order valence-electron chi connectivity index (χ1n) is 7.20. The topological polar surface area (TPSA) is 42.3 Å². The molecule has 1 aliphatic heterocycles. The second-order valence-corrected chi connectivity index (χ2v) is 5.34. The number of hydrogen-bond donors (Lipinski definition) is 1. The Kier molecular flexibility index (Phi) is 5.82. The quantitative estimate of drug-likeness (QED) is 0.751. The van der Waals surface area contributed by atoms with Crippen molar-refractivity contribution in [3.05, 3.63) is 18.2 Å². The van der Waals surface area contributed by atoms with E-state index >= 15 is 0 Å². The summed E-state index contributed by atoms with van der Waals surface area (Å²) < 4.78 is 7.32. The van der Waals surface area contributed by atoms with Crippen LogP contribution in [0.1, 0.15) is 25.0 Å². The van der Waals surface area contributed by atoms with Crippen molar-refractivity contribution in [3.8, 4) is 0 Å². The molecule has 0 aromatic carbocycles. The molecule has 0 radical (unpaired) electrons. The normalized spacial score (nSPS) is 20.8. The summed E-state index contributed by atoms with van der Waals surface area (Å²) >= 11 is 0. The smallest absolute Gasteiger partial charge is 0.0949 e. The van der Waals surface area contributed by atoms with E-state index in [0.717, 1.165) is 26.2 Å². The van der Waals surface area contributed by atoms with E-state index in [0.29, 0.717) is 6.04 Å². The van der Waals surface area contributed by atoms with Gasteiger partial charge in [0.1, 0.15) is 0 Å². The zero-order chi connectivity index (χ0) is 13.5. The molecule has 1 aliphatic rings. The minimum Gasteiger partial charge on any atom is -0.383 e. The number of nitrogens with one attached hydrogen (secondary N) is 1. The van der Waals surface area contributed by atoms with Gasteiger partial charge in [-0.3, -0.25) is 0 Å². The van der Waals surface area contributed by atoms with Gasteiger partial charge in [0.05, 0.1) is 18.6 Å². The molecule has 0 amide bonds. The molecular weight excluding hydrogens is 240 g/mol. The molecule has 1 N–H and O–H groups in total. The molecule has 2 rings (SSSR count). The van der Waals surface area contributed by atoms with Gasteiger partial charge in [0, 0.05) is 39.0 Å². The van der Waals surface area contributed by atoms with Gasteiger partial charge in [-0.25, -0.2) is 4.98 Å². The highest BCUT2D eigenvalue weighted by Crippen LogP contribution is 2.17. The molecule has 1 aromatic rings. The van der Waals surface area contributed by atoms with Gasteiger partial charge in [-0.15, -0.1) is 0 Å². The van der Waals surface area contributed by atoms with Crippen LogP contribution in [-0.2, 0) is 17.8 Å². The molecule has 1 fully saturated rings. The van der Waals surface area contributed by atoms with Crippen molar-refractivity contribution < 1.29 is 4.74 Å². The number of ether oxygens (including phenoxy) is 1. The van der Waals surface area contributed by atoms with Crippen LogP contribution in [0.3, 0.4) is 0 Å². The first-order valence-corrected chi connectivity index (χ1v) is 7.20. The molecule has 5 nitrogen and oxygen atoms in total. The van der Waals surface area contributed by atoms with Crippen LogP contribution < -0.4 is 5.32 Å². The van der Waals surface area contributed by atoms with Crippen LogP contribution in [0.15, 0.2) is 12.5 Å². The van der Waals surface area contributed by atoms with E-state index < -0.39 is 0 Å². The van der Waals surface area contributed by atoms with Crippen molar-refractivity contribution in [1.82, 2.24) is 19.8 Å². The molecule has 1 unspecified atom stereocenters. The van der Waals surface area contributed by atoms with Crippen LogP contribution in [0.25, 0.3) is 0 Å². The summed E-state index contributed by atoms with van der Waals surface area (Å²) in [4.78, 5) is 6.76. The second-order valence-electron chi connectivity index (χ2n) is 5.34. The van der Waals surface area contributed by atoms with Gasteiger partial charge >= 0.3 is 0 Å². The lowest BCUT2D eigenvalue weighted by Crippen LogP contribution is -2.39. The largest absolute Gasteiger partial charge is 0.383 e. The maximum Gasteiger partial charge on any atom is 0.0949 e. The Hall–Kier alpha value is -0.910. The van der Waals surface area contributed by atoms with Crippen LogP contribution in [0.5, 0.6) is 0 Å². The minimum atomic E-state index is 0.653. The molecule has 0 bridgehead atoms. The monoisotopic (exact) mass is 266 g/mol. The summed E-state index contributed by atoms with van der Waals surface area (Å²) in [6.07, 6.45) is 7.90. The van der Waals surface area contributed by atoms with E-state index in [2.05, 4.69) is 26.8 Å². The Morgan fingerprint density at radius 3 is 3.16 bits per heavy atom. The highest BCUT2D eigenvalue weighted by Gasteiger charge is 2.19. The van der Waals surface area contributed by atoms with Gasteiger partial charge in [-0.2, -0.15) is 0 Å². The van der Waals surface area contributed by atoms with Crippen molar-refractivity contribution in [2.45, 2.75) is 38.4 Å². The van der Waals surface area contributed by atoms with Crippen LogP contribution in [0.2, 0.25) is 0 Å². The summed E-state index contributed by atoms with van der Waals surface area (Å²) in [6.45, 7) is 4.77. The molecule has 108 valence electrons. The Balaban J connectivity index is 1.84. The van der Waals surface area contributed by atoms with Gasteiger partial charge in [0.25, 0.3) is 0 Å². The first kappa shape index (κ1) is 14.5. The molecule has 19 heavy (non-hydrogen) atoms. The third-order valence-electron chi connectivity index (χ3n) is 3.92. The Bertz CT molecular complexity index is 366. The minimum absolute atomic E-state index is 0.653. The fourth-order valence-electron chi connectivity index (χ4n) is 2.65. The third kappa shape index (κ3) is 4.30. The summed E-state index contributed by atoms with van der Waals surface area (Å²) in [7, 11) is 3.96. The van der Waals surface area contributed by atoms with Crippen LogP contribution >= 0.6 is 0 Å². The molecular formula is C14H26N4O. The highest BCUT2D eigenvalue weighted by molar-refractivity contribution is 4.99. The van der Waals surface area contributed by atoms with Crippen molar-refractivity contribution in [2.24, 2.45) is 0 Å². The number of likely N-dealkylation sites (tertiary alicyclic amines) is 1. The molecule has 0 spiro atoms. The molecule has 1 atom stereocenters. The maximum absolute atomic E-state index is 5.04. The number of imidazole rings is 1. The van der Waals surface area contributed by atoms with E-state index in [-0.39, 0.29) is 0 Å². The van der Waals surface area contributed by atoms with E-state index in [1.807, 2.05) is 12.5 Å². The summed E-state index contributed by atoms with van der Waals surface area (Å²) in [5.74, 6) is 0. The number of hydrogen-bond acceptors (Lipinski definition) is 4. The number of nitrogens with zero attached hydrogens (tertiary/aromatic N) is 3. The molecule has 1 saturated heterocycles. The summed E-state index contributed by atoms with van der Waals surface area (Å²) in [6, 6.07) is 0.653. The number of aromatic nitrogens is 2. The van der Waals surface area contributed by atoms with E-state index in [9.17, 15) is 0 Å². The molecule has 2 heterocycles. The highest BCUT2D eigenvalue weighted by atomic mass is 16.5. The molecule has 0 saturated carbocycles. The zero-order valence-electron chi connectivity index (χ0n) is 12.1. The van der Waals surface area contributed by atoms with E-state index in [1.54, 1.807) is 7.11 Å². The van der Waals surface area contributed by atoms with Crippen molar-refractivity contribution in [1.29, 1.82) is 0 Å². The zero-order valence-corrected chi connectivity index (χ0v) is 12.1. The van der Waals surface area contributed by atoms with Gasteiger partial charge in [-0.1, -0.05) is 6.42 Å². The Morgan fingerprint density at radius 1 is 1.47 bits per heavy atom. The van der Waals surface area contributed by atoms with Crippen LogP contribution in [0, 0.1) is 0 Å². The van der Waals surface area contributed by atoms with Crippen molar-refractivity contribution >= 4 is 0 Å². The maximum atomic E-state index is 5.04. The molecule has 5 heteroatoms. The van der Waals surface area contributed by atoms with E-state index in [1.165, 1.54) is 31.5 Å². The number of piperidine rings is 1.